The quantitative estimate of drug-likeness (QED) is 0.636. The highest BCUT2D eigenvalue weighted by molar-refractivity contribution is 6.02. The maximum absolute atomic E-state index is 5.44. The number of rotatable bonds is 4. The van der Waals surface area contributed by atoms with E-state index in [4.69, 9.17) is 4.74 Å². The van der Waals surface area contributed by atoms with Gasteiger partial charge in [0.25, 0.3) is 0 Å². The number of morpholine rings is 1. The molecular formula is C19H30N4O. The molecule has 0 unspecified atom stereocenters. The summed E-state index contributed by atoms with van der Waals surface area (Å²) >= 11 is 0. The molecule has 0 aromatic rings. The Balaban J connectivity index is 2.08. The fourth-order valence-electron chi connectivity index (χ4n) is 2.89. The molecule has 0 atom stereocenters. The lowest BCUT2D eigenvalue weighted by atomic mass is 10.0. The molecule has 0 amide bonds. The number of allylic oxidation sites excluding steroid dienone is 5. The van der Waals surface area contributed by atoms with Crippen molar-refractivity contribution in [3.05, 3.63) is 35.2 Å². The van der Waals surface area contributed by atoms with Crippen LogP contribution in [-0.2, 0) is 4.74 Å². The van der Waals surface area contributed by atoms with Gasteiger partial charge in [-0.05, 0) is 50.8 Å². The van der Waals surface area contributed by atoms with E-state index >= 15 is 0 Å². The van der Waals surface area contributed by atoms with E-state index in [1.165, 1.54) is 11.3 Å². The van der Waals surface area contributed by atoms with Crippen LogP contribution in [0.25, 0.3) is 0 Å². The Hall–Kier alpha value is -1.88. The summed E-state index contributed by atoms with van der Waals surface area (Å²) in [5, 5.41) is 3.35. The Labute approximate surface area is 145 Å². The van der Waals surface area contributed by atoms with E-state index in [1.54, 1.807) is 7.05 Å². The van der Waals surface area contributed by atoms with Gasteiger partial charge in [0, 0.05) is 37.2 Å². The summed E-state index contributed by atoms with van der Waals surface area (Å²) < 4.78 is 5.44. The number of nitrogens with zero attached hydrogens (tertiary/aromatic N) is 3. The van der Waals surface area contributed by atoms with Crippen molar-refractivity contribution in [2.45, 2.75) is 40.0 Å². The summed E-state index contributed by atoms with van der Waals surface area (Å²) in [5.74, 6) is 0.655. The van der Waals surface area contributed by atoms with Gasteiger partial charge >= 0.3 is 0 Å². The van der Waals surface area contributed by atoms with E-state index in [-0.39, 0.29) is 0 Å². The Bertz CT molecular complexity index is 578. The van der Waals surface area contributed by atoms with Gasteiger partial charge in [-0.25, -0.2) is 4.99 Å². The normalized spacial score (nSPS) is 20.7. The lowest BCUT2D eigenvalue weighted by Gasteiger charge is -2.30. The molecule has 132 valence electrons. The second-order valence-corrected chi connectivity index (χ2v) is 6.15. The number of hydrogen-bond donors (Lipinski definition) is 1. The van der Waals surface area contributed by atoms with E-state index in [2.05, 4.69) is 52.3 Å². The minimum atomic E-state index is 0.655. The largest absolute Gasteiger partial charge is 0.378 e. The lowest BCUT2D eigenvalue weighted by Crippen LogP contribution is -2.35. The second kappa shape index (κ2) is 9.42. The Kier molecular flexibility index (Phi) is 7.25. The Morgan fingerprint density at radius 3 is 2.75 bits per heavy atom. The average Bonchev–Trinajstić information content (AvgIpc) is 2.61. The smallest absolute Gasteiger partial charge is 0.222 e. The number of aliphatic imine (C=N–C) groups is 2. The summed E-state index contributed by atoms with van der Waals surface area (Å²) in [6, 6.07) is 0. The van der Waals surface area contributed by atoms with Crippen LogP contribution in [0.15, 0.2) is 45.2 Å². The predicted molar refractivity (Wildman–Crippen MR) is 101 cm³/mol. The molecule has 0 bridgehead atoms. The van der Waals surface area contributed by atoms with Crippen molar-refractivity contribution in [1.29, 1.82) is 0 Å². The average molecular weight is 330 g/mol. The third-order valence-electron chi connectivity index (χ3n) is 4.33. The van der Waals surface area contributed by atoms with Crippen LogP contribution in [0.2, 0.25) is 0 Å². The van der Waals surface area contributed by atoms with Crippen molar-refractivity contribution in [1.82, 2.24) is 10.2 Å². The van der Waals surface area contributed by atoms with E-state index in [0.717, 1.165) is 57.0 Å². The molecule has 0 aromatic carbocycles. The van der Waals surface area contributed by atoms with Gasteiger partial charge in [-0.3, -0.25) is 4.99 Å². The van der Waals surface area contributed by atoms with Crippen molar-refractivity contribution in [2.24, 2.45) is 9.98 Å². The molecule has 1 saturated heterocycles. The third-order valence-corrected chi connectivity index (χ3v) is 4.33. The summed E-state index contributed by atoms with van der Waals surface area (Å²) in [4.78, 5) is 11.3. The molecule has 24 heavy (non-hydrogen) atoms. The maximum Gasteiger partial charge on any atom is 0.222 e. The molecule has 0 aromatic heterocycles. The van der Waals surface area contributed by atoms with Crippen LogP contribution in [0.5, 0.6) is 0 Å². The Morgan fingerprint density at radius 2 is 2.12 bits per heavy atom. The molecule has 0 radical (unpaired) electrons. The van der Waals surface area contributed by atoms with Crippen LogP contribution in [-0.4, -0.2) is 49.9 Å². The van der Waals surface area contributed by atoms with Crippen molar-refractivity contribution in [2.75, 3.05) is 33.4 Å². The summed E-state index contributed by atoms with van der Waals surface area (Å²) in [6.07, 6.45) is 9.67. The first-order valence-electron chi connectivity index (χ1n) is 8.82. The molecule has 5 heteroatoms. The van der Waals surface area contributed by atoms with Crippen LogP contribution >= 0.6 is 0 Å². The molecule has 1 aliphatic carbocycles. The van der Waals surface area contributed by atoms with Gasteiger partial charge in [0.1, 0.15) is 0 Å². The maximum atomic E-state index is 5.44. The van der Waals surface area contributed by atoms with E-state index < -0.39 is 0 Å². The topological polar surface area (TPSA) is 49.2 Å². The van der Waals surface area contributed by atoms with Crippen molar-refractivity contribution < 1.29 is 4.74 Å². The standard InChI is InChI=1S/C19H30N4O/c1-5-17(23-10-12-24-13-11-23)14-16(3)21-19(20-4)22-18-9-7-6-8-15(18)2/h7,9,14H,5-6,8,10-13H2,1-4H3,(H,20,22)/b17-14+,21-16?. The highest BCUT2D eigenvalue weighted by Crippen LogP contribution is 2.16. The lowest BCUT2D eigenvalue weighted by molar-refractivity contribution is 0.0524. The van der Waals surface area contributed by atoms with Gasteiger partial charge in [-0.1, -0.05) is 13.0 Å². The van der Waals surface area contributed by atoms with Gasteiger partial charge in [-0.15, -0.1) is 0 Å². The molecule has 5 nitrogen and oxygen atoms in total. The van der Waals surface area contributed by atoms with Crippen LogP contribution in [0.4, 0.5) is 0 Å². The fraction of sp³-hybridized carbons (Fsp3) is 0.579. The summed E-state index contributed by atoms with van der Waals surface area (Å²) in [5.41, 5.74) is 4.74. The van der Waals surface area contributed by atoms with E-state index in [9.17, 15) is 0 Å². The highest BCUT2D eigenvalue weighted by atomic mass is 16.5. The first-order chi connectivity index (χ1) is 11.6. The monoisotopic (exact) mass is 330 g/mol. The van der Waals surface area contributed by atoms with E-state index in [1.807, 2.05) is 6.92 Å². The molecule has 2 aliphatic rings. The zero-order valence-electron chi connectivity index (χ0n) is 15.4. The third kappa shape index (κ3) is 5.34. The van der Waals surface area contributed by atoms with E-state index in [0.29, 0.717) is 5.96 Å². The first kappa shape index (κ1) is 18.5. The number of ether oxygens (including phenoxy) is 1. The number of nitrogens with one attached hydrogen (secondary N) is 1. The van der Waals surface area contributed by atoms with Crippen LogP contribution in [0.1, 0.15) is 40.0 Å². The minimum Gasteiger partial charge on any atom is -0.378 e. The van der Waals surface area contributed by atoms with Gasteiger partial charge in [0.15, 0.2) is 0 Å². The van der Waals surface area contributed by atoms with Gasteiger partial charge < -0.3 is 15.0 Å². The first-order valence-corrected chi connectivity index (χ1v) is 8.82. The van der Waals surface area contributed by atoms with Crippen molar-refractivity contribution >= 4 is 11.7 Å². The molecule has 1 N–H and O–H groups in total. The minimum absolute atomic E-state index is 0.655. The van der Waals surface area contributed by atoms with Gasteiger partial charge in [-0.2, -0.15) is 0 Å². The molecule has 0 spiro atoms. The zero-order valence-corrected chi connectivity index (χ0v) is 15.4. The molecule has 1 fully saturated rings. The Morgan fingerprint density at radius 1 is 1.38 bits per heavy atom. The van der Waals surface area contributed by atoms with Crippen molar-refractivity contribution in [3.8, 4) is 0 Å². The molecule has 2 rings (SSSR count). The predicted octanol–water partition coefficient (Wildman–Crippen LogP) is 3.27. The van der Waals surface area contributed by atoms with Gasteiger partial charge in [0.05, 0.1) is 13.2 Å². The highest BCUT2D eigenvalue weighted by Gasteiger charge is 2.12. The van der Waals surface area contributed by atoms with Gasteiger partial charge in [0.2, 0.25) is 5.96 Å². The van der Waals surface area contributed by atoms with Crippen LogP contribution < -0.4 is 5.32 Å². The zero-order chi connectivity index (χ0) is 17.4. The number of guanidine groups is 1. The summed E-state index contributed by atoms with van der Waals surface area (Å²) in [7, 11) is 1.77. The fourth-order valence-corrected chi connectivity index (χ4v) is 2.89. The second-order valence-electron chi connectivity index (χ2n) is 6.15. The molecule has 1 heterocycles. The SMILES string of the molecule is CC/C(=C\C(C)=NC(=NC)NC1=C(C)CCC=C1)N1CCOCC1. The molecule has 1 aliphatic heterocycles. The van der Waals surface area contributed by atoms with Crippen molar-refractivity contribution in [3.63, 3.8) is 0 Å². The van der Waals surface area contributed by atoms with Crippen LogP contribution in [0, 0.1) is 0 Å². The number of hydrogen-bond acceptors (Lipinski definition) is 3. The summed E-state index contributed by atoms with van der Waals surface area (Å²) in [6.45, 7) is 9.88. The van der Waals surface area contributed by atoms with Crippen LogP contribution in [0.3, 0.4) is 0 Å². The molecular weight excluding hydrogens is 300 g/mol. The molecule has 0 saturated carbocycles.